The van der Waals surface area contributed by atoms with Gasteiger partial charge in [0, 0.05) is 45.3 Å². The van der Waals surface area contributed by atoms with Gasteiger partial charge >= 0.3 is 0 Å². The Morgan fingerprint density at radius 2 is 1.76 bits per heavy atom. The van der Waals surface area contributed by atoms with Crippen molar-refractivity contribution in [2.45, 2.75) is 39.2 Å². The zero-order valence-corrected chi connectivity index (χ0v) is 16.4. The highest BCUT2D eigenvalue weighted by molar-refractivity contribution is 5.85. The van der Waals surface area contributed by atoms with E-state index in [1.165, 1.54) is 5.56 Å². The number of nitrogens with one attached hydrogen (secondary N) is 1. The van der Waals surface area contributed by atoms with Gasteiger partial charge in [0.15, 0.2) is 0 Å². The molecule has 1 N–H and O–H groups in total. The number of rotatable bonds is 5. The van der Waals surface area contributed by atoms with Crippen molar-refractivity contribution in [3.8, 4) is 0 Å². The number of benzene rings is 1. The topological polar surface area (TPSA) is 35.6 Å². The van der Waals surface area contributed by atoms with Gasteiger partial charge in [-0.1, -0.05) is 38.1 Å². The van der Waals surface area contributed by atoms with Crippen molar-refractivity contribution >= 4 is 18.3 Å². The third kappa shape index (κ3) is 5.70. The Hall–Kier alpha value is -1.10. The van der Waals surface area contributed by atoms with Crippen molar-refractivity contribution in [1.82, 2.24) is 15.1 Å². The SMILES string of the molecule is CC(C)Cc1ccc(CC(=O)N2CCC(N3CCNCC3)C2)cc1.Cl. The number of hydrogen-bond acceptors (Lipinski definition) is 3. The number of halogens is 1. The van der Waals surface area contributed by atoms with Crippen LogP contribution in [0.1, 0.15) is 31.4 Å². The molecule has 0 saturated carbocycles. The lowest BCUT2D eigenvalue weighted by molar-refractivity contribution is -0.129. The summed E-state index contributed by atoms with van der Waals surface area (Å²) in [6.45, 7) is 10.7. The summed E-state index contributed by atoms with van der Waals surface area (Å²) in [5.41, 5.74) is 2.50. The van der Waals surface area contributed by atoms with E-state index in [9.17, 15) is 4.79 Å². The molecule has 1 aromatic carbocycles. The monoisotopic (exact) mass is 365 g/mol. The molecule has 3 rings (SSSR count). The maximum Gasteiger partial charge on any atom is 0.227 e. The smallest absolute Gasteiger partial charge is 0.227 e. The van der Waals surface area contributed by atoms with Crippen LogP contribution in [0.5, 0.6) is 0 Å². The van der Waals surface area contributed by atoms with Gasteiger partial charge in [-0.2, -0.15) is 0 Å². The first-order chi connectivity index (χ1) is 11.6. The van der Waals surface area contributed by atoms with Crippen LogP contribution in [-0.2, 0) is 17.6 Å². The molecule has 140 valence electrons. The molecule has 5 heteroatoms. The van der Waals surface area contributed by atoms with Gasteiger partial charge in [-0.3, -0.25) is 9.69 Å². The molecule has 2 fully saturated rings. The van der Waals surface area contributed by atoms with Crippen molar-refractivity contribution in [3.05, 3.63) is 35.4 Å². The first kappa shape index (κ1) is 20.2. The van der Waals surface area contributed by atoms with Crippen molar-refractivity contribution < 1.29 is 4.79 Å². The van der Waals surface area contributed by atoms with Crippen LogP contribution in [0.15, 0.2) is 24.3 Å². The van der Waals surface area contributed by atoms with Crippen LogP contribution in [-0.4, -0.2) is 61.0 Å². The van der Waals surface area contributed by atoms with E-state index in [0.29, 0.717) is 18.4 Å². The van der Waals surface area contributed by atoms with Crippen LogP contribution >= 0.6 is 12.4 Å². The second-order valence-electron chi connectivity index (χ2n) is 7.66. The molecule has 1 amide bonds. The lowest BCUT2D eigenvalue weighted by Crippen LogP contribution is -2.49. The quantitative estimate of drug-likeness (QED) is 0.870. The van der Waals surface area contributed by atoms with Crippen molar-refractivity contribution in [2.75, 3.05) is 39.3 Å². The Balaban J connectivity index is 0.00000225. The standard InChI is InChI=1S/C20H31N3O.ClH/c1-16(2)13-17-3-5-18(6-4-17)14-20(24)23-10-7-19(15-23)22-11-8-21-9-12-22;/h3-6,16,19,21H,7-15H2,1-2H3;1H. The summed E-state index contributed by atoms with van der Waals surface area (Å²) in [7, 11) is 0. The van der Waals surface area contributed by atoms with E-state index in [0.717, 1.165) is 57.7 Å². The molecule has 2 aliphatic rings. The highest BCUT2D eigenvalue weighted by atomic mass is 35.5. The number of nitrogens with zero attached hydrogens (tertiary/aromatic N) is 2. The molecule has 0 aromatic heterocycles. The van der Waals surface area contributed by atoms with E-state index >= 15 is 0 Å². The van der Waals surface area contributed by atoms with Gasteiger partial charge in [0.05, 0.1) is 6.42 Å². The number of carbonyl (C=O) groups excluding carboxylic acids is 1. The number of hydrogen-bond donors (Lipinski definition) is 1. The predicted octanol–water partition coefficient (Wildman–Crippen LogP) is 2.36. The highest BCUT2D eigenvalue weighted by Crippen LogP contribution is 2.18. The van der Waals surface area contributed by atoms with Gasteiger partial charge in [-0.05, 0) is 29.9 Å². The fourth-order valence-electron chi connectivity index (χ4n) is 3.86. The van der Waals surface area contributed by atoms with Gasteiger partial charge in [0.2, 0.25) is 5.91 Å². The van der Waals surface area contributed by atoms with E-state index in [2.05, 4.69) is 53.2 Å². The highest BCUT2D eigenvalue weighted by Gasteiger charge is 2.30. The third-order valence-corrected chi connectivity index (χ3v) is 5.21. The first-order valence-corrected chi connectivity index (χ1v) is 9.42. The maximum absolute atomic E-state index is 12.6. The third-order valence-electron chi connectivity index (χ3n) is 5.21. The molecule has 1 unspecified atom stereocenters. The molecule has 0 radical (unpaired) electrons. The molecule has 2 aliphatic heterocycles. The van der Waals surface area contributed by atoms with Crippen molar-refractivity contribution in [3.63, 3.8) is 0 Å². The molecule has 2 heterocycles. The van der Waals surface area contributed by atoms with Gasteiger partial charge in [-0.25, -0.2) is 0 Å². The van der Waals surface area contributed by atoms with Gasteiger partial charge in [0.1, 0.15) is 0 Å². The van der Waals surface area contributed by atoms with E-state index in [1.807, 2.05) is 0 Å². The molecule has 25 heavy (non-hydrogen) atoms. The van der Waals surface area contributed by atoms with Crippen LogP contribution in [0, 0.1) is 5.92 Å². The maximum atomic E-state index is 12.6. The average molecular weight is 366 g/mol. The number of piperazine rings is 1. The average Bonchev–Trinajstić information content (AvgIpc) is 3.07. The molecule has 4 nitrogen and oxygen atoms in total. The zero-order chi connectivity index (χ0) is 16.9. The molecule has 1 aromatic rings. The Bertz CT molecular complexity index is 540. The van der Waals surface area contributed by atoms with Gasteiger partial charge in [-0.15, -0.1) is 12.4 Å². The van der Waals surface area contributed by atoms with Crippen LogP contribution in [0.2, 0.25) is 0 Å². The minimum atomic E-state index is 0. The van der Waals surface area contributed by atoms with E-state index in [4.69, 9.17) is 0 Å². The summed E-state index contributed by atoms with van der Waals surface area (Å²) in [6, 6.07) is 9.16. The van der Waals surface area contributed by atoms with Crippen LogP contribution in [0.25, 0.3) is 0 Å². The fourth-order valence-corrected chi connectivity index (χ4v) is 3.86. The lowest BCUT2D eigenvalue weighted by Gasteiger charge is -2.32. The number of likely N-dealkylation sites (tertiary alicyclic amines) is 1. The minimum Gasteiger partial charge on any atom is -0.341 e. The Labute approximate surface area is 158 Å². The van der Waals surface area contributed by atoms with Gasteiger partial charge < -0.3 is 10.2 Å². The summed E-state index contributed by atoms with van der Waals surface area (Å²) >= 11 is 0. The minimum absolute atomic E-state index is 0. The zero-order valence-electron chi connectivity index (χ0n) is 15.5. The Morgan fingerprint density at radius 1 is 1.12 bits per heavy atom. The molecule has 0 spiro atoms. The lowest BCUT2D eigenvalue weighted by atomic mass is 10.0. The summed E-state index contributed by atoms with van der Waals surface area (Å²) in [6.07, 6.45) is 2.77. The fraction of sp³-hybridized carbons (Fsp3) is 0.650. The normalized spacial score (nSPS) is 21.4. The molecule has 0 aliphatic carbocycles. The second-order valence-corrected chi connectivity index (χ2v) is 7.66. The van der Waals surface area contributed by atoms with Crippen LogP contribution in [0.3, 0.4) is 0 Å². The summed E-state index contributed by atoms with van der Waals surface area (Å²) in [5, 5.41) is 3.40. The summed E-state index contributed by atoms with van der Waals surface area (Å²) in [4.78, 5) is 17.2. The second kappa shape index (κ2) is 9.56. The van der Waals surface area contributed by atoms with Crippen molar-refractivity contribution in [1.29, 1.82) is 0 Å². The Kier molecular flexibility index (Phi) is 7.73. The molecular formula is C20H32ClN3O. The van der Waals surface area contributed by atoms with Crippen LogP contribution < -0.4 is 5.32 Å². The first-order valence-electron chi connectivity index (χ1n) is 9.42. The number of amides is 1. The Morgan fingerprint density at radius 3 is 2.40 bits per heavy atom. The molecule has 2 saturated heterocycles. The predicted molar refractivity (Wildman–Crippen MR) is 105 cm³/mol. The molecule has 0 bridgehead atoms. The summed E-state index contributed by atoms with van der Waals surface area (Å²) in [5.74, 6) is 0.952. The summed E-state index contributed by atoms with van der Waals surface area (Å²) < 4.78 is 0. The largest absolute Gasteiger partial charge is 0.341 e. The van der Waals surface area contributed by atoms with E-state index in [1.54, 1.807) is 0 Å². The molecular weight excluding hydrogens is 334 g/mol. The van der Waals surface area contributed by atoms with Gasteiger partial charge in [0.25, 0.3) is 0 Å². The number of carbonyl (C=O) groups is 1. The van der Waals surface area contributed by atoms with E-state index in [-0.39, 0.29) is 18.3 Å². The molecule has 1 atom stereocenters. The van der Waals surface area contributed by atoms with Crippen molar-refractivity contribution in [2.24, 2.45) is 5.92 Å². The van der Waals surface area contributed by atoms with Crippen LogP contribution in [0.4, 0.5) is 0 Å². The van der Waals surface area contributed by atoms with E-state index < -0.39 is 0 Å².